The van der Waals surface area contributed by atoms with Gasteiger partial charge in [0.2, 0.25) is 18.1 Å². The van der Waals surface area contributed by atoms with Crippen LogP contribution in [0.15, 0.2) is 97.2 Å². The Kier molecular flexibility index (Phi) is 3.16. The van der Waals surface area contributed by atoms with Crippen LogP contribution < -0.4 is 21.0 Å². The topological polar surface area (TPSA) is 6.89 Å². The summed E-state index contributed by atoms with van der Waals surface area (Å²) in [6, 6.07) is 34.3. The molecule has 0 amide bonds. The van der Waals surface area contributed by atoms with Gasteiger partial charge in [0.25, 0.3) is 0 Å². The smallest absolute Gasteiger partial charge is 0.239 e. The third kappa shape index (κ3) is 1.96. The van der Waals surface area contributed by atoms with Crippen LogP contribution in [0.25, 0.3) is 0 Å². The molecule has 5 aliphatic heterocycles. The summed E-state index contributed by atoms with van der Waals surface area (Å²) >= 11 is 0. The molecule has 1 unspecified atom stereocenters. The SMILES string of the molecule is [c-]1cccc[n+]1C12c3cccc4c3B3c5c(cccc5Cc5ccc(c1c53)C1=[N+]2c2ccccc2C1)C4. The van der Waals surface area contributed by atoms with Crippen molar-refractivity contribution in [1.29, 1.82) is 0 Å². The van der Waals surface area contributed by atoms with E-state index in [1.807, 2.05) is 0 Å². The first-order chi connectivity index (χ1) is 18.4. The number of hydrogen-bond donors (Lipinski definition) is 0. The Morgan fingerprint density at radius 2 is 1.41 bits per heavy atom. The van der Waals surface area contributed by atoms with Crippen LogP contribution in [-0.4, -0.2) is 17.0 Å². The van der Waals surface area contributed by atoms with Gasteiger partial charge in [0, 0.05) is 11.6 Å². The van der Waals surface area contributed by atoms with E-state index in [9.17, 15) is 0 Å². The molecule has 2 nitrogen and oxygen atoms in total. The van der Waals surface area contributed by atoms with Gasteiger partial charge in [-0.2, -0.15) is 6.07 Å². The Balaban J connectivity index is 1.45. The molecule has 0 N–H and O–H groups in total. The highest BCUT2D eigenvalue weighted by atomic mass is 15.3. The maximum Gasteiger partial charge on any atom is 0.394 e. The van der Waals surface area contributed by atoms with Crippen molar-refractivity contribution in [2.45, 2.75) is 24.9 Å². The van der Waals surface area contributed by atoms with E-state index in [4.69, 9.17) is 0 Å². The standard InChI is InChI=1S/C34H22BN2/c1-4-16-36(17-5-1)34-27-12-7-11-24-18-22-9-6-10-23-19-25-14-15-26(30(34)33(25)35(31(22)23)32(24)27)29-20-21-8-2-3-13-28(21)37(29)34/h1-16H,18-20H2/q+1. The summed E-state index contributed by atoms with van der Waals surface area (Å²) in [7, 11) is 0. The number of aromatic nitrogens is 1. The molecule has 4 aromatic carbocycles. The van der Waals surface area contributed by atoms with E-state index in [0.717, 1.165) is 19.3 Å². The fourth-order valence-corrected chi connectivity index (χ4v) is 8.52. The number of hydrogen-bond acceptors (Lipinski definition) is 0. The minimum absolute atomic E-state index is 0.318. The lowest BCUT2D eigenvalue weighted by atomic mass is 9.27. The number of nitrogens with zero attached hydrogens (tertiary/aromatic N) is 2. The quantitative estimate of drug-likeness (QED) is 0.198. The van der Waals surface area contributed by atoms with Crippen molar-refractivity contribution in [1.82, 2.24) is 0 Å². The van der Waals surface area contributed by atoms with Crippen LogP contribution in [0, 0.1) is 6.20 Å². The molecule has 5 aliphatic rings. The number of para-hydroxylation sites is 1. The summed E-state index contributed by atoms with van der Waals surface area (Å²) in [5.41, 5.74) is 18.7. The van der Waals surface area contributed by atoms with Crippen molar-refractivity contribution in [3.8, 4) is 0 Å². The number of benzene rings is 4. The van der Waals surface area contributed by atoms with Crippen molar-refractivity contribution in [2.75, 3.05) is 0 Å². The monoisotopic (exact) mass is 469 g/mol. The van der Waals surface area contributed by atoms with E-state index in [2.05, 4.69) is 113 Å². The molecule has 6 heterocycles. The lowest BCUT2D eigenvalue weighted by molar-refractivity contribution is -0.887. The number of pyridine rings is 1. The Bertz CT molecular complexity index is 1900. The molecule has 1 atom stereocenters. The third-order valence-corrected chi connectivity index (χ3v) is 9.67. The van der Waals surface area contributed by atoms with Gasteiger partial charge < -0.3 is 0 Å². The van der Waals surface area contributed by atoms with Gasteiger partial charge in [0.15, 0.2) is 0 Å². The highest BCUT2D eigenvalue weighted by molar-refractivity contribution is 6.98. The van der Waals surface area contributed by atoms with E-state index >= 15 is 0 Å². The van der Waals surface area contributed by atoms with Crippen molar-refractivity contribution in [2.24, 2.45) is 0 Å². The van der Waals surface area contributed by atoms with Crippen molar-refractivity contribution in [3.63, 3.8) is 0 Å². The van der Waals surface area contributed by atoms with Crippen LogP contribution in [0.5, 0.6) is 0 Å². The summed E-state index contributed by atoms with van der Waals surface area (Å²) in [6.45, 7) is 0.318. The minimum Gasteiger partial charge on any atom is -0.239 e. The molecule has 0 saturated carbocycles. The molecular weight excluding hydrogens is 447 g/mol. The molecule has 0 aliphatic carbocycles. The number of fused-ring (bicyclic) bond motifs is 5. The molecule has 0 radical (unpaired) electrons. The molecule has 170 valence electrons. The zero-order chi connectivity index (χ0) is 23.9. The van der Waals surface area contributed by atoms with E-state index in [1.54, 1.807) is 10.9 Å². The first-order valence-electron chi connectivity index (χ1n) is 13.4. The molecule has 5 aromatic rings. The highest BCUT2D eigenvalue weighted by Gasteiger charge is 2.69. The van der Waals surface area contributed by atoms with Gasteiger partial charge >= 0.3 is 5.66 Å². The second-order valence-electron chi connectivity index (χ2n) is 11.2. The number of rotatable bonds is 1. The van der Waals surface area contributed by atoms with Crippen LogP contribution in [0.1, 0.15) is 44.5 Å². The first-order valence-corrected chi connectivity index (χ1v) is 13.4. The Morgan fingerprint density at radius 3 is 2.24 bits per heavy atom. The normalized spacial score (nSPS) is 20.1. The highest BCUT2D eigenvalue weighted by Crippen LogP contribution is 2.49. The van der Waals surface area contributed by atoms with Gasteiger partial charge in [-0.3, -0.25) is 0 Å². The largest absolute Gasteiger partial charge is 0.394 e. The molecular formula is C34H22BN2+. The minimum atomic E-state index is -0.477. The average Bonchev–Trinajstić information content (AvgIpc) is 3.47. The van der Waals surface area contributed by atoms with Crippen molar-refractivity contribution >= 4 is 34.5 Å². The lowest BCUT2D eigenvalue weighted by Crippen LogP contribution is -2.74. The molecule has 1 aromatic heterocycles. The van der Waals surface area contributed by atoms with Crippen molar-refractivity contribution < 1.29 is 9.14 Å². The van der Waals surface area contributed by atoms with E-state index in [1.165, 1.54) is 61.4 Å². The molecule has 0 saturated heterocycles. The van der Waals surface area contributed by atoms with Crippen LogP contribution >= 0.6 is 0 Å². The lowest BCUT2D eigenvalue weighted by Gasteiger charge is -2.42. The molecule has 3 heteroatoms. The summed E-state index contributed by atoms with van der Waals surface area (Å²) < 4.78 is 5.05. The van der Waals surface area contributed by atoms with Gasteiger partial charge in [-0.05, 0) is 58.2 Å². The molecule has 37 heavy (non-hydrogen) atoms. The maximum atomic E-state index is 3.67. The second kappa shape index (κ2) is 6.18. The van der Waals surface area contributed by atoms with Crippen molar-refractivity contribution in [3.05, 3.63) is 148 Å². The van der Waals surface area contributed by atoms with Gasteiger partial charge in [-0.25, -0.2) is 4.57 Å². The predicted octanol–water partition coefficient (Wildman–Crippen LogP) is 2.86. The van der Waals surface area contributed by atoms with E-state index in [-0.39, 0.29) is 0 Å². The first kappa shape index (κ1) is 19.0. The van der Waals surface area contributed by atoms with Gasteiger partial charge in [-0.1, -0.05) is 60.1 Å². The summed E-state index contributed by atoms with van der Waals surface area (Å²) in [6.07, 6.45) is 8.91. The Morgan fingerprint density at radius 1 is 0.649 bits per heavy atom. The zero-order valence-electron chi connectivity index (χ0n) is 20.3. The fourth-order valence-electron chi connectivity index (χ4n) is 8.52. The van der Waals surface area contributed by atoms with Crippen LogP contribution in [0.2, 0.25) is 0 Å². The van der Waals surface area contributed by atoms with Crippen LogP contribution in [0.3, 0.4) is 0 Å². The van der Waals surface area contributed by atoms with Crippen LogP contribution in [-0.2, 0) is 24.9 Å². The van der Waals surface area contributed by atoms with Gasteiger partial charge in [0.1, 0.15) is 11.8 Å². The second-order valence-corrected chi connectivity index (χ2v) is 11.2. The fraction of sp³-hybridized carbons (Fsp3) is 0.118. The third-order valence-electron chi connectivity index (χ3n) is 9.67. The molecule has 0 bridgehead atoms. The summed E-state index contributed by atoms with van der Waals surface area (Å²) in [4.78, 5) is 0. The average molecular weight is 469 g/mol. The summed E-state index contributed by atoms with van der Waals surface area (Å²) in [5.74, 6) is 0. The summed E-state index contributed by atoms with van der Waals surface area (Å²) in [5, 5.41) is 0. The maximum absolute atomic E-state index is 3.67. The van der Waals surface area contributed by atoms with E-state index in [0.29, 0.717) is 6.71 Å². The zero-order valence-corrected chi connectivity index (χ0v) is 20.3. The Labute approximate surface area is 216 Å². The van der Waals surface area contributed by atoms with E-state index < -0.39 is 5.66 Å². The van der Waals surface area contributed by atoms with Gasteiger partial charge in [-0.15, -0.1) is 16.7 Å². The predicted molar refractivity (Wildman–Crippen MR) is 145 cm³/mol. The molecule has 0 spiro atoms. The molecule has 10 rings (SSSR count). The molecule has 0 fully saturated rings. The van der Waals surface area contributed by atoms with Crippen LogP contribution in [0.4, 0.5) is 5.69 Å². The van der Waals surface area contributed by atoms with Gasteiger partial charge in [0.05, 0.1) is 23.7 Å². The Hall–Kier alpha value is -4.24.